The van der Waals surface area contributed by atoms with E-state index in [1.54, 1.807) is 20.4 Å². The highest BCUT2D eigenvalue weighted by atomic mass is 16.5. The molecule has 1 heterocycles. The molecule has 3 rings (SSSR count). The Kier molecular flexibility index (Phi) is 6.44. The van der Waals surface area contributed by atoms with Crippen molar-refractivity contribution < 1.29 is 14.3 Å². The van der Waals surface area contributed by atoms with Crippen LogP contribution in [0.2, 0.25) is 0 Å². The van der Waals surface area contributed by atoms with Gasteiger partial charge in [0.15, 0.2) is 0 Å². The summed E-state index contributed by atoms with van der Waals surface area (Å²) in [5.74, 6) is 1.11. The van der Waals surface area contributed by atoms with Crippen molar-refractivity contribution in [1.82, 2.24) is 10.4 Å². The summed E-state index contributed by atoms with van der Waals surface area (Å²) in [6, 6.07) is 13.1. The number of nitrogens with zero attached hydrogens (tertiary/aromatic N) is 2. The number of carbonyl (C=O) groups excluding carboxylic acids is 1. The van der Waals surface area contributed by atoms with E-state index < -0.39 is 0 Å². The molecule has 0 aliphatic heterocycles. The van der Waals surface area contributed by atoms with Crippen molar-refractivity contribution in [2.24, 2.45) is 5.10 Å². The lowest BCUT2D eigenvalue weighted by molar-refractivity contribution is 0.0956. The number of ether oxygens (including phenoxy) is 2. The van der Waals surface area contributed by atoms with Crippen LogP contribution in [-0.2, 0) is 6.42 Å². The molecule has 1 aromatic heterocycles. The van der Waals surface area contributed by atoms with E-state index >= 15 is 0 Å². The Morgan fingerprint density at radius 1 is 1.17 bits per heavy atom. The third-order valence-corrected chi connectivity index (χ3v) is 4.70. The predicted molar refractivity (Wildman–Crippen MR) is 115 cm³/mol. The Bertz CT molecular complexity index is 1060. The molecule has 29 heavy (non-hydrogen) atoms. The van der Waals surface area contributed by atoms with Crippen molar-refractivity contribution in [2.75, 3.05) is 14.2 Å². The second-order valence-corrected chi connectivity index (χ2v) is 6.64. The first-order chi connectivity index (χ1) is 14.1. The van der Waals surface area contributed by atoms with Crippen LogP contribution in [0.3, 0.4) is 0 Å². The number of fused-ring (bicyclic) bond motifs is 1. The first kappa shape index (κ1) is 20.3. The smallest absolute Gasteiger partial charge is 0.272 e. The van der Waals surface area contributed by atoms with Crippen LogP contribution in [0, 0.1) is 6.92 Å². The number of aromatic nitrogens is 1. The largest absolute Gasteiger partial charge is 0.496 e. The quantitative estimate of drug-likeness (QED) is 0.482. The fourth-order valence-electron chi connectivity index (χ4n) is 3.31. The molecule has 1 amide bonds. The number of pyridine rings is 1. The number of carbonyl (C=O) groups is 1. The number of hydrogen-bond acceptors (Lipinski definition) is 5. The highest BCUT2D eigenvalue weighted by molar-refractivity contribution is 6.06. The zero-order chi connectivity index (χ0) is 20.8. The standard InChI is InChI=1S/C23H25N3O3/c1-5-8-17-13-19(18-9-6-7-10-20(18)25-17)23(27)26-24-14-16-11-12-21(28-3)15(2)22(16)29-4/h6-7,9-14H,5,8H2,1-4H3,(H,26,27)/b24-14+. The van der Waals surface area contributed by atoms with Crippen molar-refractivity contribution in [2.45, 2.75) is 26.7 Å². The van der Waals surface area contributed by atoms with Gasteiger partial charge in [0.1, 0.15) is 11.5 Å². The minimum Gasteiger partial charge on any atom is -0.496 e. The van der Waals surface area contributed by atoms with Gasteiger partial charge in [0, 0.05) is 22.2 Å². The lowest BCUT2D eigenvalue weighted by Gasteiger charge is -2.12. The van der Waals surface area contributed by atoms with Gasteiger partial charge in [-0.05, 0) is 37.6 Å². The van der Waals surface area contributed by atoms with E-state index in [4.69, 9.17) is 9.47 Å². The third-order valence-electron chi connectivity index (χ3n) is 4.70. The van der Waals surface area contributed by atoms with Crippen LogP contribution in [0.1, 0.15) is 40.5 Å². The van der Waals surface area contributed by atoms with Crippen molar-refractivity contribution >= 4 is 23.0 Å². The molecule has 150 valence electrons. The Morgan fingerprint density at radius 3 is 2.69 bits per heavy atom. The fraction of sp³-hybridized carbons (Fsp3) is 0.261. The van der Waals surface area contributed by atoms with Gasteiger partial charge in [-0.25, -0.2) is 5.43 Å². The number of para-hydroxylation sites is 1. The maximum Gasteiger partial charge on any atom is 0.272 e. The van der Waals surface area contributed by atoms with E-state index in [9.17, 15) is 4.79 Å². The van der Waals surface area contributed by atoms with E-state index in [1.165, 1.54) is 0 Å². The number of benzene rings is 2. The molecule has 0 aliphatic carbocycles. The molecule has 6 nitrogen and oxygen atoms in total. The van der Waals surface area contributed by atoms with Gasteiger partial charge in [0.25, 0.3) is 5.91 Å². The van der Waals surface area contributed by atoms with Crippen molar-refractivity contribution in [3.05, 3.63) is 64.8 Å². The number of hydrazone groups is 1. The van der Waals surface area contributed by atoms with Crippen LogP contribution in [0.4, 0.5) is 0 Å². The van der Waals surface area contributed by atoms with Gasteiger partial charge in [-0.15, -0.1) is 0 Å². The zero-order valence-corrected chi connectivity index (χ0v) is 17.2. The highest BCUT2D eigenvalue weighted by Crippen LogP contribution is 2.30. The molecule has 0 spiro atoms. The van der Waals surface area contributed by atoms with Crippen LogP contribution in [0.15, 0.2) is 47.6 Å². The first-order valence-electron chi connectivity index (χ1n) is 9.52. The van der Waals surface area contributed by atoms with Crippen LogP contribution in [0.25, 0.3) is 10.9 Å². The van der Waals surface area contributed by atoms with Gasteiger partial charge >= 0.3 is 0 Å². The topological polar surface area (TPSA) is 72.8 Å². The molecule has 0 saturated carbocycles. The molecule has 0 aliphatic rings. The Labute approximate surface area is 170 Å². The molecule has 0 radical (unpaired) electrons. The molecule has 1 N–H and O–H groups in total. The molecule has 0 saturated heterocycles. The molecule has 3 aromatic rings. The van der Waals surface area contributed by atoms with Crippen molar-refractivity contribution in [1.29, 1.82) is 0 Å². The van der Waals surface area contributed by atoms with E-state index in [0.717, 1.165) is 46.3 Å². The first-order valence-corrected chi connectivity index (χ1v) is 9.52. The SMILES string of the molecule is CCCc1cc(C(=O)N/N=C/c2ccc(OC)c(C)c2OC)c2ccccc2n1. The summed E-state index contributed by atoms with van der Waals surface area (Å²) in [5, 5.41) is 4.94. The van der Waals surface area contributed by atoms with Gasteiger partial charge in [0.2, 0.25) is 0 Å². The molecule has 2 aromatic carbocycles. The summed E-state index contributed by atoms with van der Waals surface area (Å²) in [5.41, 5.74) is 6.51. The van der Waals surface area contributed by atoms with E-state index in [1.807, 2.05) is 49.4 Å². The molecule has 0 atom stereocenters. The maximum absolute atomic E-state index is 12.8. The van der Waals surface area contributed by atoms with Gasteiger partial charge < -0.3 is 9.47 Å². The van der Waals surface area contributed by atoms with Crippen LogP contribution < -0.4 is 14.9 Å². The second-order valence-electron chi connectivity index (χ2n) is 6.64. The summed E-state index contributed by atoms with van der Waals surface area (Å²) < 4.78 is 10.8. The van der Waals surface area contributed by atoms with Gasteiger partial charge in [0.05, 0.1) is 31.5 Å². The minimum atomic E-state index is -0.276. The van der Waals surface area contributed by atoms with E-state index in [-0.39, 0.29) is 5.91 Å². The zero-order valence-electron chi connectivity index (χ0n) is 17.2. The lowest BCUT2D eigenvalue weighted by atomic mass is 10.1. The number of hydrogen-bond donors (Lipinski definition) is 1. The number of methoxy groups -OCH3 is 2. The number of aryl methyl sites for hydroxylation is 1. The summed E-state index contributed by atoms with van der Waals surface area (Å²) in [7, 11) is 3.21. The molecular weight excluding hydrogens is 366 g/mol. The number of amides is 1. The van der Waals surface area contributed by atoms with Crippen LogP contribution in [-0.4, -0.2) is 31.3 Å². The molecule has 0 unspecified atom stereocenters. The lowest BCUT2D eigenvalue weighted by Crippen LogP contribution is -2.18. The maximum atomic E-state index is 12.8. The minimum absolute atomic E-state index is 0.276. The van der Waals surface area contributed by atoms with Gasteiger partial charge in [-0.3, -0.25) is 9.78 Å². The summed E-state index contributed by atoms with van der Waals surface area (Å²) in [4.78, 5) is 17.5. The Morgan fingerprint density at radius 2 is 1.97 bits per heavy atom. The molecular formula is C23H25N3O3. The van der Waals surface area contributed by atoms with Crippen LogP contribution in [0.5, 0.6) is 11.5 Å². The van der Waals surface area contributed by atoms with Crippen molar-refractivity contribution in [3.63, 3.8) is 0 Å². The average Bonchev–Trinajstić information content (AvgIpc) is 2.73. The predicted octanol–water partition coefficient (Wildman–Crippen LogP) is 4.28. The Hall–Kier alpha value is -3.41. The van der Waals surface area contributed by atoms with E-state index in [0.29, 0.717) is 11.3 Å². The second kappa shape index (κ2) is 9.19. The molecule has 0 bridgehead atoms. The normalized spacial score (nSPS) is 11.0. The Balaban J connectivity index is 1.87. The fourth-order valence-corrected chi connectivity index (χ4v) is 3.31. The van der Waals surface area contributed by atoms with Crippen molar-refractivity contribution in [3.8, 4) is 11.5 Å². The number of rotatable bonds is 7. The van der Waals surface area contributed by atoms with E-state index in [2.05, 4.69) is 22.4 Å². The van der Waals surface area contributed by atoms with Gasteiger partial charge in [-0.2, -0.15) is 5.10 Å². The monoisotopic (exact) mass is 391 g/mol. The molecule has 0 fully saturated rings. The van der Waals surface area contributed by atoms with Gasteiger partial charge in [-0.1, -0.05) is 31.5 Å². The molecule has 6 heteroatoms. The summed E-state index contributed by atoms with van der Waals surface area (Å²) in [6.45, 7) is 4.00. The summed E-state index contributed by atoms with van der Waals surface area (Å²) >= 11 is 0. The summed E-state index contributed by atoms with van der Waals surface area (Å²) in [6.07, 6.45) is 3.34. The highest BCUT2D eigenvalue weighted by Gasteiger charge is 2.13. The number of nitrogens with one attached hydrogen (secondary N) is 1. The third kappa shape index (κ3) is 4.37. The average molecular weight is 391 g/mol. The van der Waals surface area contributed by atoms with Crippen LogP contribution >= 0.6 is 0 Å².